The Hall–Kier alpha value is -1.55. The van der Waals surface area contributed by atoms with E-state index in [1.807, 2.05) is 13.0 Å². The van der Waals surface area contributed by atoms with Gasteiger partial charge in [-0.15, -0.1) is 0 Å². The van der Waals surface area contributed by atoms with Gasteiger partial charge in [0.1, 0.15) is 11.6 Å². The molecule has 1 heterocycles. The van der Waals surface area contributed by atoms with E-state index in [4.69, 9.17) is 5.73 Å². The zero-order chi connectivity index (χ0) is 13.1. The largest absolute Gasteiger partial charge is 0.508 e. The Morgan fingerprint density at radius 1 is 1.33 bits per heavy atom. The molecule has 18 heavy (non-hydrogen) atoms. The van der Waals surface area contributed by atoms with E-state index in [2.05, 4.69) is 16.9 Å². The maximum Gasteiger partial charge on any atom is 0.117 e. The van der Waals surface area contributed by atoms with Crippen molar-refractivity contribution in [1.29, 1.82) is 0 Å². The molecular formula is C14H21N3O. The van der Waals surface area contributed by atoms with Gasteiger partial charge in [0.15, 0.2) is 0 Å². The molecule has 0 saturated carbocycles. The van der Waals surface area contributed by atoms with Crippen LogP contribution in [0.5, 0.6) is 5.75 Å². The summed E-state index contributed by atoms with van der Waals surface area (Å²) in [6, 6.07) is 5.47. The van der Waals surface area contributed by atoms with Crippen molar-refractivity contribution >= 4 is 11.0 Å². The summed E-state index contributed by atoms with van der Waals surface area (Å²) in [4.78, 5) is 7.83. The Labute approximate surface area is 107 Å². The highest BCUT2D eigenvalue weighted by atomic mass is 16.3. The van der Waals surface area contributed by atoms with Crippen LogP contribution < -0.4 is 5.73 Å². The van der Waals surface area contributed by atoms with Crippen molar-refractivity contribution in [3.05, 3.63) is 24.0 Å². The first-order chi connectivity index (χ1) is 8.56. The first kappa shape index (κ1) is 12.9. The number of hydrogen-bond acceptors (Lipinski definition) is 3. The molecule has 0 spiro atoms. The van der Waals surface area contributed by atoms with E-state index in [0.717, 1.165) is 36.1 Å². The number of aromatic nitrogens is 2. The Morgan fingerprint density at radius 3 is 2.83 bits per heavy atom. The molecule has 0 aliphatic heterocycles. The molecule has 2 rings (SSSR count). The summed E-state index contributed by atoms with van der Waals surface area (Å²) in [5.74, 6) is 1.64. The molecule has 0 saturated heterocycles. The van der Waals surface area contributed by atoms with Crippen molar-refractivity contribution in [2.75, 3.05) is 0 Å². The van der Waals surface area contributed by atoms with Gasteiger partial charge in [0.2, 0.25) is 0 Å². The minimum absolute atomic E-state index is 0.266. The van der Waals surface area contributed by atoms with E-state index in [1.165, 1.54) is 0 Å². The molecule has 2 aromatic rings. The molecule has 0 fully saturated rings. The molecule has 0 aliphatic rings. The van der Waals surface area contributed by atoms with Gasteiger partial charge in [-0.3, -0.25) is 0 Å². The third-order valence-electron chi connectivity index (χ3n) is 3.25. The van der Waals surface area contributed by atoms with E-state index < -0.39 is 0 Å². The lowest BCUT2D eigenvalue weighted by Gasteiger charge is -2.09. The lowest BCUT2D eigenvalue weighted by atomic mass is 10.0. The van der Waals surface area contributed by atoms with Gasteiger partial charge in [0.25, 0.3) is 0 Å². The summed E-state index contributed by atoms with van der Waals surface area (Å²) in [5.41, 5.74) is 7.54. The Morgan fingerprint density at radius 2 is 2.11 bits per heavy atom. The molecule has 1 aromatic heterocycles. The van der Waals surface area contributed by atoms with Gasteiger partial charge < -0.3 is 15.8 Å². The number of H-pyrrole nitrogens is 1. The Bertz CT molecular complexity index is 519. The van der Waals surface area contributed by atoms with Gasteiger partial charge in [-0.25, -0.2) is 4.98 Å². The number of imidazole rings is 1. The number of aromatic hydroxyl groups is 1. The van der Waals surface area contributed by atoms with Crippen molar-refractivity contribution in [2.45, 2.75) is 45.1 Å². The number of nitrogens with one attached hydrogen (secondary N) is 1. The predicted octanol–water partition coefficient (Wildman–Crippen LogP) is 2.89. The summed E-state index contributed by atoms with van der Waals surface area (Å²) < 4.78 is 0. The Kier molecular flexibility index (Phi) is 3.87. The van der Waals surface area contributed by atoms with Crippen LogP contribution in [0.4, 0.5) is 0 Å². The van der Waals surface area contributed by atoms with E-state index in [9.17, 15) is 5.11 Å². The van der Waals surface area contributed by atoms with Crippen LogP contribution in [0.15, 0.2) is 18.2 Å². The zero-order valence-corrected chi connectivity index (χ0v) is 11.0. The first-order valence-corrected chi connectivity index (χ1v) is 6.50. The smallest absolute Gasteiger partial charge is 0.117 e. The molecule has 2 atom stereocenters. The number of benzene rings is 1. The van der Waals surface area contributed by atoms with Crippen LogP contribution in [0, 0.1) is 0 Å². The monoisotopic (exact) mass is 247 g/mol. The number of aromatic amines is 1. The fraction of sp³-hybridized carbons (Fsp3) is 0.500. The van der Waals surface area contributed by atoms with Crippen molar-refractivity contribution in [3.8, 4) is 5.75 Å². The van der Waals surface area contributed by atoms with E-state index in [0.29, 0.717) is 5.92 Å². The molecular weight excluding hydrogens is 226 g/mol. The average molecular weight is 247 g/mol. The van der Waals surface area contributed by atoms with Crippen LogP contribution in [-0.2, 0) is 0 Å². The number of nitrogens with two attached hydrogens (primary N) is 1. The summed E-state index contributed by atoms with van der Waals surface area (Å²) >= 11 is 0. The molecule has 4 N–H and O–H groups in total. The molecule has 0 bridgehead atoms. The third kappa shape index (κ3) is 3.01. The normalized spacial score (nSPS) is 14.8. The fourth-order valence-electron chi connectivity index (χ4n) is 2.13. The maximum absolute atomic E-state index is 9.42. The number of phenols is 1. The number of nitrogens with zero attached hydrogens (tertiary/aromatic N) is 1. The highest BCUT2D eigenvalue weighted by Crippen LogP contribution is 2.24. The van der Waals surface area contributed by atoms with Gasteiger partial charge in [0.05, 0.1) is 11.0 Å². The minimum Gasteiger partial charge on any atom is -0.508 e. The number of fused-ring (bicyclic) bond motifs is 1. The summed E-state index contributed by atoms with van der Waals surface area (Å²) in [6.07, 6.45) is 3.24. The van der Waals surface area contributed by atoms with Crippen molar-refractivity contribution in [1.82, 2.24) is 9.97 Å². The number of phenolic OH excluding ortho intramolecular Hbond substituents is 1. The lowest BCUT2D eigenvalue weighted by Crippen LogP contribution is -2.14. The maximum atomic E-state index is 9.42. The molecule has 1 aromatic carbocycles. The summed E-state index contributed by atoms with van der Waals surface area (Å²) in [6.45, 7) is 4.20. The number of rotatable bonds is 5. The quantitative estimate of drug-likeness (QED) is 0.760. The molecule has 2 unspecified atom stereocenters. The highest BCUT2D eigenvalue weighted by Gasteiger charge is 2.11. The van der Waals surface area contributed by atoms with Crippen LogP contribution in [0.3, 0.4) is 0 Å². The lowest BCUT2D eigenvalue weighted by molar-refractivity contribution is 0.476. The SMILES string of the molecule is CC(N)CCCC(C)c1nc2ccc(O)cc2[nH]1. The van der Waals surface area contributed by atoms with Crippen LogP contribution in [0.25, 0.3) is 11.0 Å². The van der Waals surface area contributed by atoms with Gasteiger partial charge in [-0.1, -0.05) is 13.3 Å². The predicted molar refractivity (Wildman–Crippen MR) is 73.7 cm³/mol. The van der Waals surface area contributed by atoms with Gasteiger partial charge in [0, 0.05) is 18.0 Å². The van der Waals surface area contributed by atoms with Crippen LogP contribution in [0.1, 0.15) is 44.9 Å². The highest BCUT2D eigenvalue weighted by molar-refractivity contribution is 5.76. The average Bonchev–Trinajstić information content (AvgIpc) is 2.71. The topological polar surface area (TPSA) is 74.9 Å². The minimum atomic E-state index is 0.266. The van der Waals surface area contributed by atoms with E-state index in [-0.39, 0.29) is 11.8 Å². The van der Waals surface area contributed by atoms with Gasteiger partial charge >= 0.3 is 0 Å². The van der Waals surface area contributed by atoms with E-state index >= 15 is 0 Å². The zero-order valence-electron chi connectivity index (χ0n) is 11.0. The van der Waals surface area contributed by atoms with E-state index in [1.54, 1.807) is 12.1 Å². The molecule has 4 heteroatoms. The van der Waals surface area contributed by atoms with Crippen molar-refractivity contribution < 1.29 is 5.11 Å². The molecule has 0 aliphatic carbocycles. The van der Waals surface area contributed by atoms with Crippen molar-refractivity contribution in [2.24, 2.45) is 5.73 Å². The van der Waals surface area contributed by atoms with Crippen LogP contribution in [0.2, 0.25) is 0 Å². The molecule has 0 radical (unpaired) electrons. The standard InChI is InChI=1S/C14H21N3O/c1-9(4-3-5-10(2)15)14-16-12-7-6-11(18)8-13(12)17-14/h6-10,18H,3-5,15H2,1-2H3,(H,16,17). The van der Waals surface area contributed by atoms with Crippen LogP contribution >= 0.6 is 0 Å². The fourth-order valence-corrected chi connectivity index (χ4v) is 2.13. The van der Waals surface area contributed by atoms with Gasteiger partial charge in [-0.05, 0) is 31.9 Å². The molecule has 0 amide bonds. The summed E-state index contributed by atoms with van der Waals surface area (Å²) in [5, 5.41) is 9.42. The number of hydrogen-bond donors (Lipinski definition) is 3. The molecule has 98 valence electrons. The third-order valence-corrected chi connectivity index (χ3v) is 3.25. The van der Waals surface area contributed by atoms with Crippen LogP contribution in [-0.4, -0.2) is 21.1 Å². The Balaban J connectivity index is 2.06. The second-order valence-electron chi connectivity index (χ2n) is 5.13. The molecule has 4 nitrogen and oxygen atoms in total. The second kappa shape index (κ2) is 5.40. The summed E-state index contributed by atoms with van der Waals surface area (Å²) in [7, 11) is 0. The first-order valence-electron chi connectivity index (χ1n) is 6.50. The second-order valence-corrected chi connectivity index (χ2v) is 5.13. The van der Waals surface area contributed by atoms with Crippen molar-refractivity contribution in [3.63, 3.8) is 0 Å². The van der Waals surface area contributed by atoms with Gasteiger partial charge in [-0.2, -0.15) is 0 Å².